The van der Waals surface area contributed by atoms with Gasteiger partial charge in [-0.2, -0.15) is 13.2 Å². The van der Waals surface area contributed by atoms with Crippen molar-refractivity contribution in [2.24, 2.45) is 11.3 Å². The van der Waals surface area contributed by atoms with Crippen LogP contribution in [0.2, 0.25) is 0 Å². The molecule has 2 unspecified atom stereocenters. The van der Waals surface area contributed by atoms with Crippen LogP contribution in [0.25, 0.3) is 0 Å². The minimum Gasteiger partial charge on any atom is -0.481 e. The molecule has 0 saturated heterocycles. The molecular weight excluding hydrogens is 251 g/mol. The molecule has 0 spiro atoms. The van der Waals surface area contributed by atoms with Crippen LogP contribution in [0.4, 0.5) is 13.2 Å². The largest absolute Gasteiger partial charge is 0.481 e. The number of halogens is 3. The van der Waals surface area contributed by atoms with Crippen LogP contribution in [0.3, 0.4) is 0 Å². The second-order valence-corrected chi connectivity index (χ2v) is 5.27. The Balaban J connectivity index is 4.63. The van der Waals surface area contributed by atoms with E-state index < -0.39 is 24.6 Å². The standard InChI is InChI=1S/C11H20F3NO3/c1-10(2,3)8(4-5-16)15-6-7(9(17)18)11(12,13)14/h7-8,15-16H,4-6H2,1-3H3,(H,17,18). The zero-order chi connectivity index (χ0) is 14.6. The van der Waals surface area contributed by atoms with Crippen molar-refractivity contribution in [1.29, 1.82) is 0 Å². The van der Waals surface area contributed by atoms with Crippen molar-refractivity contribution in [1.82, 2.24) is 5.32 Å². The van der Waals surface area contributed by atoms with E-state index in [0.29, 0.717) is 0 Å². The van der Waals surface area contributed by atoms with Gasteiger partial charge in [0.25, 0.3) is 0 Å². The number of nitrogens with one attached hydrogen (secondary N) is 1. The highest BCUT2D eigenvalue weighted by Gasteiger charge is 2.45. The molecule has 0 amide bonds. The number of rotatable bonds is 6. The van der Waals surface area contributed by atoms with Gasteiger partial charge >= 0.3 is 12.1 Å². The van der Waals surface area contributed by atoms with E-state index in [4.69, 9.17) is 10.2 Å². The Labute approximate surface area is 104 Å². The summed E-state index contributed by atoms with van der Waals surface area (Å²) in [5.41, 5.74) is -0.364. The highest BCUT2D eigenvalue weighted by molar-refractivity contribution is 5.71. The van der Waals surface area contributed by atoms with Gasteiger partial charge in [0.2, 0.25) is 0 Å². The van der Waals surface area contributed by atoms with E-state index in [0.717, 1.165) is 0 Å². The lowest BCUT2D eigenvalue weighted by Crippen LogP contribution is -2.47. The monoisotopic (exact) mass is 271 g/mol. The third-order valence-corrected chi connectivity index (χ3v) is 2.72. The Kier molecular flexibility index (Phi) is 6.09. The number of carboxylic acids is 1. The molecule has 0 bridgehead atoms. The Morgan fingerprint density at radius 1 is 1.28 bits per heavy atom. The maximum Gasteiger partial charge on any atom is 0.403 e. The highest BCUT2D eigenvalue weighted by Crippen LogP contribution is 2.27. The fourth-order valence-corrected chi connectivity index (χ4v) is 1.57. The summed E-state index contributed by atoms with van der Waals surface area (Å²) in [6.07, 6.45) is -4.51. The zero-order valence-electron chi connectivity index (χ0n) is 10.7. The van der Waals surface area contributed by atoms with Crippen LogP contribution >= 0.6 is 0 Å². The third-order valence-electron chi connectivity index (χ3n) is 2.72. The lowest BCUT2D eigenvalue weighted by molar-refractivity contribution is -0.192. The Morgan fingerprint density at radius 3 is 2.06 bits per heavy atom. The van der Waals surface area contributed by atoms with Crippen LogP contribution < -0.4 is 5.32 Å². The predicted octanol–water partition coefficient (Wildman–Crippen LogP) is 1.64. The summed E-state index contributed by atoms with van der Waals surface area (Å²) in [6, 6.07) is -0.383. The second-order valence-electron chi connectivity index (χ2n) is 5.27. The van der Waals surface area contributed by atoms with Crippen LogP contribution in [0.15, 0.2) is 0 Å². The van der Waals surface area contributed by atoms with Gasteiger partial charge in [-0.1, -0.05) is 20.8 Å². The number of carbonyl (C=O) groups is 1. The van der Waals surface area contributed by atoms with Crippen molar-refractivity contribution in [3.05, 3.63) is 0 Å². The number of aliphatic hydroxyl groups excluding tert-OH is 1. The van der Waals surface area contributed by atoms with Crippen molar-refractivity contribution >= 4 is 5.97 Å². The van der Waals surface area contributed by atoms with Crippen LogP contribution in [0.1, 0.15) is 27.2 Å². The molecule has 4 nitrogen and oxygen atoms in total. The van der Waals surface area contributed by atoms with E-state index in [1.54, 1.807) is 0 Å². The molecule has 0 rings (SSSR count). The zero-order valence-corrected chi connectivity index (χ0v) is 10.7. The number of hydrogen-bond acceptors (Lipinski definition) is 3. The lowest BCUT2D eigenvalue weighted by Gasteiger charge is -2.32. The summed E-state index contributed by atoms with van der Waals surface area (Å²) in [5.74, 6) is -4.33. The van der Waals surface area contributed by atoms with Gasteiger partial charge in [0.05, 0.1) is 0 Å². The number of hydrogen-bond donors (Lipinski definition) is 3. The van der Waals surface area contributed by atoms with Crippen LogP contribution in [0, 0.1) is 11.3 Å². The van der Waals surface area contributed by atoms with E-state index in [9.17, 15) is 18.0 Å². The van der Waals surface area contributed by atoms with Gasteiger partial charge in [-0.05, 0) is 11.8 Å². The van der Waals surface area contributed by atoms with E-state index in [2.05, 4.69) is 5.32 Å². The maximum atomic E-state index is 12.4. The number of carboxylic acid groups (broad SMARTS) is 1. The molecule has 0 saturated carbocycles. The predicted molar refractivity (Wildman–Crippen MR) is 60.1 cm³/mol. The molecule has 0 aromatic rings. The first-order valence-electron chi connectivity index (χ1n) is 5.64. The van der Waals surface area contributed by atoms with Crippen molar-refractivity contribution < 1.29 is 28.2 Å². The first-order valence-corrected chi connectivity index (χ1v) is 5.64. The van der Waals surface area contributed by atoms with Gasteiger partial charge in [0.1, 0.15) is 0 Å². The van der Waals surface area contributed by atoms with Gasteiger partial charge in [0, 0.05) is 19.2 Å². The van der Waals surface area contributed by atoms with E-state index >= 15 is 0 Å². The summed E-state index contributed by atoms with van der Waals surface area (Å²) < 4.78 is 37.3. The van der Waals surface area contributed by atoms with Crippen molar-refractivity contribution in [2.45, 2.75) is 39.4 Å². The summed E-state index contributed by atoms with van der Waals surface area (Å²) >= 11 is 0. The number of alkyl halides is 3. The quantitative estimate of drug-likeness (QED) is 0.687. The molecule has 18 heavy (non-hydrogen) atoms. The molecule has 0 heterocycles. The highest BCUT2D eigenvalue weighted by atomic mass is 19.4. The molecule has 108 valence electrons. The minimum absolute atomic E-state index is 0.168. The Morgan fingerprint density at radius 2 is 1.78 bits per heavy atom. The van der Waals surface area contributed by atoms with Crippen molar-refractivity contribution in [2.75, 3.05) is 13.2 Å². The van der Waals surface area contributed by atoms with Crippen LogP contribution in [-0.2, 0) is 4.79 Å². The number of aliphatic hydroxyl groups is 1. The van der Waals surface area contributed by atoms with Crippen LogP contribution in [-0.4, -0.2) is 41.6 Å². The molecule has 0 fully saturated rings. The first kappa shape index (κ1) is 17.2. The van der Waals surface area contributed by atoms with E-state index in [1.165, 1.54) is 0 Å². The van der Waals surface area contributed by atoms with E-state index in [-0.39, 0.29) is 24.5 Å². The summed E-state index contributed by atoms with van der Waals surface area (Å²) in [6.45, 7) is 4.57. The number of aliphatic carboxylic acids is 1. The first-order chi connectivity index (χ1) is 8.00. The van der Waals surface area contributed by atoms with Gasteiger partial charge in [0.15, 0.2) is 5.92 Å². The van der Waals surface area contributed by atoms with Crippen LogP contribution in [0.5, 0.6) is 0 Å². The fourth-order valence-electron chi connectivity index (χ4n) is 1.57. The topological polar surface area (TPSA) is 69.6 Å². The van der Waals surface area contributed by atoms with Gasteiger partial charge in [-0.15, -0.1) is 0 Å². The molecule has 3 N–H and O–H groups in total. The summed E-state index contributed by atoms with van der Waals surface area (Å²) in [5, 5.41) is 20.0. The molecular formula is C11H20F3NO3. The smallest absolute Gasteiger partial charge is 0.403 e. The molecule has 0 radical (unpaired) electrons. The SMILES string of the molecule is CC(C)(C)C(CCO)NCC(C(=O)O)C(F)(F)F. The molecule has 0 aliphatic carbocycles. The Bertz CT molecular complexity index is 274. The summed E-state index contributed by atoms with van der Waals surface area (Å²) in [7, 11) is 0. The normalized spacial score (nSPS) is 16.4. The molecule has 0 aliphatic rings. The van der Waals surface area contributed by atoms with Crippen molar-refractivity contribution in [3.63, 3.8) is 0 Å². The maximum absolute atomic E-state index is 12.4. The Hall–Kier alpha value is -0.820. The third kappa shape index (κ3) is 5.68. The van der Waals surface area contributed by atoms with Gasteiger partial charge < -0.3 is 15.5 Å². The molecule has 0 aliphatic heterocycles. The minimum atomic E-state index is -4.78. The second kappa shape index (κ2) is 6.38. The van der Waals surface area contributed by atoms with E-state index in [1.807, 2.05) is 20.8 Å². The average Bonchev–Trinajstić information content (AvgIpc) is 2.12. The molecule has 2 atom stereocenters. The molecule has 0 aromatic carbocycles. The van der Waals surface area contributed by atoms with Crippen molar-refractivity contribution in [3.8, 4) is 0 Å². The van der Waals surface area contributed by atoms with Gasteiger partial charge in [-0.3, -0.25) is 4.79 Å². The molecule has 7 heteroatoms. The average molecular weight is 271 g/mol. The molecule has 0 aromatic heterocycles. The summed E-state index contributed by atoms with van der Waals surface area (Å²) in [4.78, 5) is 10.6. The van der Waals surface area contributed by atoms with Gasteiger partial charge in [-0.25, -0.2) is 0 Å². The lowest BCUT2D eigenvalue weighted by atomic mass is 9.84. The fraction of sp³-hybridized carbons (Fsp3) is 0.909.